The summed E-state index contributed by atoms with van der Waals surface area (Å²) in [6.45, 7) is 0. The van der Waals surface area contributed by atoms with Crippen molar-refractivity contribution in [2.24, 2.45) is 5.10 Å². The topological polar surface area (TPSA) is 15.6 Å². The normalized spacial score (nSPS) is 20.5. The van der Waals surface area contributed by atoms with Crippen molar-refractivity contribution in [3.05, 3.63) is 35.4 Å². The van der Waals surface area contributed by atoms with Crippen LogP contribution in [-0.4, -0.2) is 18.3 Å². The van der Waals surface area contributed by atoms with Crippen molar-refractivity contribution in [1.82, 2.24) is 5.01 Å². The lowest BCUT2D eigenvalue weighted by Crippen LogP contribution is -2.15. The van der Waals surface area contributed by atoms with Crippen molar-refractivity contribution < 1.29 is 8.78 Å². The molecule has 0 radical (unpaired) electrons. The zero-order valence-corrected chi connectivity index (χ0v) is 7.74. The third kappa shape index (κ3) is 1.47. The molecule has 1 heterocycles. The molecular weight excluding hydrogens is 186 g/mol. The van der Waals surface area contributed by atoms with Crippen molar-refractivity contribution in [2.75, 3.05) is 7.05 Å². The van der Waals surface area contributed by atoms with Crippen molar-refractivity contribution in [1.29, 1.82) is 0 Å². The van der Waals surface area contributed by atoms with E-state index in [1.807, 2.05) is 0 Å². The number of hydrogen-bond donors (Lipinski definition) is 0. The van der Waals surface area contributed by atoms with Gasteiger partial charge in [-0.3, -0.25) is 5.01 Å². The summed E-state index contributed by atoms with van der Waals surface area (Å²) in [4.78, 5) is 0. The van der Waals surface area contributed by atoms with Gasteiger partial charge in [0.05, 0.1) is 6.04 Å². The first-order valence-electron chi connectivity index (χ1n) is 4.38. The summed E-state index contributed by atoms with van der Waals surface area (Å²) < 4.78 is 26.2. The maximum absolute atomic E-state index is 13.3. The lowest BCUT2D eigenvalue weighted by atomic mass is 10.0. The van der Waals surface area contributed by atoms with Crippen LogP contribution in [0.15, 0.2) is 23.3 Å². The van der Waals surface area contributed by atoms with Crippen LogP contribution < -0.4 is 0 Å². The third-order valence-electron chi connectivity index (χ3n) is 2.36. The summed E-state index contributed by atoms with van der Waals surface area (Å²) in [5, 5.41) is 5.62. The number of benzene rings is 1. The van der Waals surface area contributed by atoms with E-state index in [-0.39, 0.29) is 11.9 Å². The minimum atomic E-state index is -0.415. The fraction of sp³-hybridized carbons (Fsp3) is 0.300. The molecule has 0 aliphatic carbocycles. The van der Waals surface area contributed by atoms with Gasteiger partial charge in [0.25, 0.3) is 0 Å². The standard InChI is InChI=1S/C10H10F2N2/c1-14-10(4-5-13-14)8-6-7(11)2-3-9(8)12/h2-3,5-6,10H,4H2,1H3. The smallest absolute Gasteiger partial charge is 0.128 e. The molecule has 0 saturated heterocycles. The number of nitrogens with zero attached hydrogens (tertiary/aromatic N) is 2. The molecule has 1 aromatic carbocycles. The minimum Gasteiger partial charge on any atom is -0.292 e. The van der Waals surface area contributed by atoms with Gasteiger partial charge >= 0.3 is 0 Å². The first-order valence-corrected chi connectivity index (χ1v) is 4.38. The summed E-state index contributed by atoms with van der Waals surface area (Å²) in [6, 6.07) is 3.32. The zero-order chi connectivity index (χ0) is 10.1. The Balaban J connectivity index is 2.36. The van der Waals surface area contributed by atoms with Crippen molar-refractivity contribution in [2.45, 2.75) is 12.5 Å². The lowest BCUT2D eigenvalue weighted by Gasteiger charge is -2.19. The molecule has 2 rings (SSSR count). The Hall–Kier alpha value is -1.45. The monoisotopic (exact) mass is 196 g/mol. The van der Waals surface area contributed by atoms with Gasteiger partial charge in [-0.2, -0.15) is 5.10 Å². The van der Waals surface area contributed by atoms with E-state index in [2.05, 4.69) is 5.10 Å². The largest absolute Gasteiger partial charge is 0.292 e. The Morgan fingerprint density at radius 3 is 2.86 bits per heavy atom. The molecule has 1 unspecified atom stereocenters. The van der Waals surface area contributed by atoms with E-state index in [4.69, 9.17) is 0 Å². The van der Waals surface area contributed by atoms with E-state index in [1.165, 1.54) is 6.07 Å². The molecule has 1 aliphatic rings. The van der Waals surface area contributed by atoms with E-state index < -0.39 is 5.82 Å². The highest BCUT2D eigenvalue weighted by molar-refractivity contribution is 5.60. The SMILES string of the molecule is CN1N=CCC1c1cc(F)ccc1F. The van der Waals surface area contributed by atoms with Gasteiger partial charge in [-0.1, -0.05) is 0 Å². The summed E-state index contributed by atoms with van der Waals surface area (Å²) in [6.07, 6.45) is 2.33. The van der Waals surface area contributed by atoms with Crippen molar-refractivity contribution in [3.8, 4) is 0 Å². The van der Waals surface area contributed by atoms with E-state index in [1.54, 1.807) is 18.3 Å². The second-order valence-corrected chi connectivity index (χ2v) is 3.29. The van der Waals surface area contributed by atoms with Crippen LogP contribution >= 0.6 is 0 Å². The van der Waals surface area contributed by atoms with Crippen LogP contribution in [0.4, 0.5) is 8.78 Å². The van der Waals surface area contributed by atoms with Gasteiger partial charge in [0, 0.05) is 25.2 Å². The van der Waals surface area contributed by atoms with Gasteiger partial charge in [-0.25, -0.2) is 8.78 Å². The van der Waals surface area contributed by atoms with E-state index in [0.29, 0.717) is 12.0 Å². The predicted molar refractivity (Wildman–Crippen MR) is 50.0 cm³/mol. The molecule has 0 saturated carbocycles. The van der Waals surface area contributed by atoms with Gasteiger partial charge < -0.3 is 0 Å². The first-order chi connectivity index (χ1) is 6.68. The van der Waals surface area contributed by atoms with Crippen LogP contribution in [-0.2, 0) is 0 Å². The molecule has 1 aliphatic heterocycles. The number of hydrogen-bond acceptors (Lipinski definition) is 2. The fourth-order valence-corrected chi connectivity index (χ4v) is 1.61. The summed E-state index contributed by atoms with van der Waals surface area (Å²) >= 11 is 0. The summed E-state index contributed by atoms with van der Waals surface area (Å²) in [7, 11) is 1.75. The van der Waals surface area contributed by atoms with Crippen molar-refractivity contribution in [3.63, 3.8) is 0 Å². The van der Waals surface area contributed by atoms with Crippen molar-refractivity contribution >= 4 is 6.21 Å². The molecule has 2 nitrogen and oxygen atoms in total. The first kappa shape index (κ1) is 9.12. The summed E-state index contributed by atoms with van der Waals surface area (Å²) in [5.41, 5.74) is 0.366. The molecule has 14 heavy (non-hydrogen) atoms. The third-order valence-corrected chi connectivity index (χ3v) is 2.36. The van der Waals surface area contributed by atoms with Crippen LogP contribution in [0.5, 0.6) is 0 Å². The van der Waals surface area contributed by atoms with Gasteiger partial charge in [0.1, 0.15) is 11.6 Å². The van der Waals surface area contributed by atoms with E-state index in [9.17, 15) is 8.78 Å². The highest BCUT2D eigenvalue weighted by atomic mass is 19.1. The number of hydrazone groups is 1. The fourth-order valence-electron chi connectivity index (χ4n) is 1.61. The molecule has 1 aromatic rings. The van der Waals surface area contributed by atoms with E-state index >= 15 is 0 Å². The number of halogens is 2. The Labute approximate surface area is 80.8 Å². The molecule has 74 valence electrons. The Bertz CT molecular complexity index is 376. The van der Waals surface area contributed by atoms with Gasteiger partial charge in [0.2, 0.25) is 0 Å². The van der Waals surface area contributed by atoms with Crippen LogP contribution in [0, 0.1) is 11.6 Å². The molecule has 0 N–H and O–H groups in total. The molecule has 0 bridgehead atoms. The van der Waals surface area contributed by atoms with E-state index in [0.717, 1.165) is 12.1 Å². The molecule has 0 spiro atoms. The molecule has 4 heteroatoms. The predicted octanol–water partition coefficient (Wildman–Crippen LogP) is 2.33. The number of rotatable bonds is 1. The molecule has 0 amide bonds. The zero-order valence-electron chi connectivity index (χ0n) is 7.74. The van der Waals surface area contributed by atoms with Crippen LogP contribution in [0.25, 0.3) is 0 Å². The lowest BCUT2D eigenvalue weighted by molar-refractivity contribution is 0.282. The van der Waals surface area contributed by atoms with Gasteiger partial charge in [-0.05, 0) is 18.2 Å². The molecule has 1 atom stereocenters. The van der Waals surface area contributed by atoms with Crippen LogP contribution in [0.3, 0.4) is 0 Å². The maximum Gasteiger partial charge on any atom is 0.128 e. The minimum absolute atomic E-state index is 0.175. The Kier molecular flexibility index (Phi) is 2.19. The highest BCUT2D eigenvalue weighted by Crippen LogP contribution is 2.28. The molecule has 0 aromatic heterocycles. The van der Waals surface area contributed by atoms with Crippen LogP contribution in [0.1, 0.15) is 18.0 Å². The second-order valence-electron chi connectivity index (χ2n) is 3.29. The Morgan fingerprint density at radius 1 is 1.43 bits per heavy atom. The van der Waals surface area contributed by atoms with Crippen LogP contribution in [0.2, 0.25) is 0 Å². The highest BCUT2D eigenvalue weighted by Gasteiger charge is 2.22. The molecule has 0 fully saturated rings. The average Bonchev–Trinajstić information content (AvgIpc) is 2.56. The summed E-state index contributed by atoms with van der Waals surface area (Å²) in [5.74, 6) is -0.796. The maximum atomic E-state index is 13.3. The quantitative estimate of drug-likeness (QED) is 0.673. The molecular formula is C10H10F2N2. The van der Waals surface area contributed by atoms with Gasteiger partial charge in [-0.15, -0.1) is 0 Å². The van der Waals surface area contributed by atoms with Gasteiger partial charge in [0.15, 0.2) is 0 Å². The Morgan fingerprint density at radius 2 is 2.21 bits per heavy atom. The second kappa shape index (κ2) is 3.36. The average molecular weight is 196 g/mol.